The molecule has 2 nitrogen and oxygen atoms in total. The molecule has 1 aliphatic rings. The van der Waals surface area contributed by atoms with E-state index < -0.39 is 35.9 Å². The maximum atomic E-state index is 12.7. The molecule has 21 heavy (non-hydrogen) atoms. The second-order valence-corrected chi connectivity index (χ2v) is 4.73. The smallest absolute Gasteiger partial charge is 0.346 e. The van der Waals surface area contributed by atoms with E-state index in [9.17, 15) is 26.3 Å². The molecule has 0 bridgehead atoms. The van der Waals surface area contributed by atoms with Crippen LogP contribution in [0.1, 0.15) is 23.0 Å². The Labute approximate surface area is 120 Å². The molecule has 2 unspecified atom stereocenters. The van der Waals surface area contributed by atoms with Crippen LogP contribution in [0, 0.1) is 0 Å². The Kier molecular flexibility index (Phi) is 4.41. The van der Waals surface area contributed by atoms with Crippen LogP contribution >= 0.6 is 11.6 Å². The van der Waals surface area contributed by atoms with Gasteiger partial charge in [-0.2, -0.15) is 26.3 Å². The van der Waals surface area contributed by atoms with Gasteiger partial charge in [-0.1, -0.05) is 0 Å². The summed E-state index contributed by atoms with van der Waals surface area (Å²) in [6, 6.07) is 1.21. The summed E-state index contributed by atoms with van der Waals surface area (Å²) >= 11 is 5.50. The number of hydrogen-bond acceptors (Lipinski definition) is 2. The van der Waals surface area contributed by atoms with E-state index >= 15 is 0 Å². The van der Waals surface area contributed by atoms with E-state index in [4.69, 9.17) is 21.1 Å². The van der Waals surface area contributed by atoms with Gasteiger partial charge in [0.2, 0.25) is 0 Å². The number of benzene rings is 1. The lowest BCUT2D eigenvalue weighted by molar-refractivity contribution is -0.143. The SMILES string of the molecule is FC(F)(F)c1cc(C2OCC(CCl)O2)cc(C(F)(F)F)c1. The molecule has 1 aromatic rings. The first kappa shape index (κ1) is 16.4. The van der Waals surface area contributed by atoms with E-state index in [1.54, 1.807) is 0 Å². The number of hydrogen-bond donors (Lipinski definition) is 0. The van der Waals surface area contributed by atoms with Crippen LogP contribution < -0.4 is 0 Å². The van der Waals surface area contributed by atoms with E-state index in [1.807, 2.05) is 0 Å². The molecule has 1 fully saturated rings. The van der Waals surface area contributed by atoms with Crippen molar-refractivity contribution in [2.75, 3.05) is 12.5 Å². The first-order valence-corrected chi connectivity index (χ1v) is 6.27. The highest BCUT2D eigenvalue weighted by molar-refractivity contribution is 6.18. The van der Waals surface area contributed by atoms with E-state index in [2.05, 4.69) is 0 Å². The Bertz CT molecular complexity index is 481. The van der Waals surface area contributed by atoms with E-state index in [0.717, 1.165) is 0 Å². The molecule has 118 valence electrons. The highest BCUT2D eigenvalue weighted by Crippen LogP contribution is 2.39. The summed E-state index contributed by atoms with van der Waals surface area (Å²) in [7, 11) is 0. The summed E-state index contributed by atoms with van der Waals surface area (Å²) in [4.78, 5) is 0. The van der Waals surface area contributed by atoms with Crippen LogP contribution in [0.15, 0.2) is 18.2 Å². The predicted octanol–water partition coefficient (Wildman–Crippen LogP) is 4.38. The van der Waals surface area contributed by atoms with Gasteiger partial charge in [-0.25, -0.2) is 0 Å². The molecule has 0 amide bonds. The third-order valence-electron chi connectivity index (χ3n) is 2.80. The van der Waals surface area contributed by atoms with Gasteiger partial charge in [0.25, 0.3) is 0 Å². The summed E-state index contributed by atoms with van der Waals surface area (Å²) in [5.74, 6) is 0.0294. The van der Waals surface area contributed by atoms with Crippen LogP contribution in [0.25, 0.3) is 0 Å². The fourth-order valence-corrected chi connectivity index (χ4v) is 1.98. The minimum Gasteiger partial charge on any atom is -0.346 e. The van der Waals surface area contributed by atoms with Crippen molar-refractivity contribution in [3.8, 4) is 0 Å². The third kappa shape index (κ3) is 3.81. The maximum absolute atomic E-state index is 12.7. The van der Waals surface area contributed by atoms with Crippen molar-refractivity contribution in [1.82, 2.24) is 0 Å². The quantitative estimate of drug-likeness (QED) is 0.590. The predicted molar refractivity (Wildman–Crippen MR) is 60.7 cm³/mol. The summed E-state index contributed by atoms with van der Waals surface area (Å²) in [6.45, 7) is 0.00572. The molecule has 9 heteroatoms. The van der Waals surface area contributed by atoms with Gasteiger partial charge in [0.15, 0.2) is 6.29 Å². The molecule has 1 aromatic carbocycles. The Balaban J connectivity index is 2.41. The first-order valence-electron chi connectivity index (χ1n) is 5.73. The molecule has 0 aromatic heterocycles. The molecule has 0 spiro atoms. The largest absolute Gasteiger partial charge is 0.416 e. The second-order valence-electron chi connectivity index (χ2n) is 4.42. The minimum atomic E-state index is -4.90. The number of alkyl halides is 7. The van der Waals surface area contributed by atoms with Crippen LogP contribution in [0.2, 0.25) is 0 Å². The van der Waals surface area contributed by atoms with Crippen LogP contribution in [-0.4, -0.2) is 18.6 Å². The zero-order valence-corrected chi connectivity index (χ0v) is 11.0. The van der Waals surface area contributed by atoms with Crippen molar-refractivity contribution in [3.05, 3.63) is 34.9 Å². The van der Waals surface area contributed by atoms with Gasteiger partial charge in [-0.3, -0.25) is 0 Å². The fourth-order valence-electron chi connectivity index (χ4n) is 1.82. The van der Waals surface area contributed by atoms with Crippen molar-refractivity contribution in [1.29, 1.82) is 0 Å². The Morgan fingerprint density at radius 3 is 1.90 bits per heavy atom. The normalized spacial score (nSPS) is 23.6. The molecule has 2 atom stereocenters. The molecular formula is C12H9ClF6O2. The average molecular weight is 335 g/mol. The van der Waals surface area contributed by atoms with Gasteiger partial charge in [0, 0.05) is 5.56 Å². The second kappa shape index (κ2) is 5.66. The average Bonchev–Trinajstić information content (AvgIpc) is 2.85. The lowest BCUT2D eigenvalue weighted by Crippen LogP contribution is -2.14. The molecule has 1 aliphatic heterocycles. The maximum Gasteiger partial charge on any atom is 0.416 e. The van der Waals surface area contributed by atoms with Crippen molar-refractivity contribution >= 4 is 11.6 Å². The van der Waals surface area contributed by atoms with Crippen molar-refractivity contribution < 1.29 is 35.8 Å². The monoisotopic (exact) mass is 334 g/mol. The molecule has 0 radical (unpaired) electrons. The first-order chi connectivity index (χ1) is 9.61. The van der Waals surface area contributed by atoms with E-state index in [0.29, 0.717) is 12.1 Å². The highest BCUT2D eigenvalue weighted by Gasteiger charge is 2.38. The molecular weight excluding hydrogens is 326 g/mol. The lowest BCUT2D eigenvalue weighted by Gasteiger charge is -2.17. The lowest BCUT2D eigenvalue weighted by atomic mass is 10.0. The summed E-state index contributed by atoms with van der Waals surface area (Å²) in [6.07, 6.45) is -11.7. The van der Waals surface area contributed by atoms with Gasteiger partial charge in [-0.15, -0.1) is 11.6 Å². The minimum absolute atomic E-state index is 0.00572. The topological polar surface area (TPSA) is 18.5 Å². The number of ether oxygens (including phenoxy) is 2. The van der Waals surface area contributed by atoms with Crippen LogP contribution in [0.5, 0.6) is 0 Å². The molecule has 1 heterocycles. The molecule has 0 N–H and O–H groups in total. The Morgan fingerprint density at radius 1 is 1.00 bits per heavy atom. The molecule has 2 rings (SSSR count). The third-order valence-corrected chi connectivity index (χ3v) is 3.15. The molecule has 1 saturated heterocycles. The standard InChI is InChI=1S/C12H9ClF6O2/c13-4-9-5-20-10(21-9)6-1-7(11(14,15)16)3-8(2-6)12(17,18)19/h1-3,9-10H,4-5H2. The summed E-state index contributed by atoms with van der Waals surface area (Å²) in [5, 5.41) is 0. The van der Waals surface area contributed by atoms with Gasteiger partial charge in [0.1, 0.15) is 0 Å². The van der Waals surface area contributed by atoms with Crippen molar-refractivity contribution in [2.24, 2.45) is 0 Å². The van der Waals surface area contributed by atoms with Crippen LogP contribution in [-0.2, 0) is 21.8 Å². The zero-order chi connectivity index (χ0) is 15.8. The van der Waals surface area contributed by atoms with Crippen molar-refractivity contribution in [3.63, 3.8) is 0 Å². The van der Waals surface area contributed by atoms with Crippen LogP contribution in [0.4, 0.5) is 26.3 Å². The Morgan fingerprint density at radius 2 is 1.52 bits per heavy atom. The van der Waals surface area contributed by atoms with E-state index in [1.165, 1.54) is 0 Å². The molecule has 0 aliphatic carbocycles. The number of halogens is 7. The zero-order valence-electron chi connectivity index (χ0n) is 10.3. The van der Waals surface area contributed by atoms with Gasteiger partial charge in [-0.05, 0) is 18.2 Å². The fraction of sp³-hybridized carbons (Fsp3) is 0.500. The van der Waals surface area contributed by atoms with Crippen molar-refractivity contribution in [2.45, 2.75) is 24.7 Å². The van der Waals surface area contributed by atoms with Gasteiger partial charge < -0.3 is 9.47 Å². The summed E-state index contributed by atoms with van der Waals surface area (Å²) < 4.78 is 86.4. The highest BCUT2D eigenvalue weighted by atomic mass is 35.5. The Hall–Kier alpha value is -0.990. The molecule has 0 saturated carbocycles. The number of rotatable bonds is 2. The van der Waals surface area contributed by atoms with Crippen LogP contribution in [0.3, 0.4) is 0 Å². The van der Waals surface area contributed by atoms with E-state index in [-0.39, 0.29) is 24.1 Å². The summed E-state index contributed by atoms with van der Waals surface area (Å²) in [5.41, 5.74) is -3.16. The van der Waals surface area contributed by atoms with Gasteiger partial charge >= 0.3 is 12.4 Å². The van der Waals surface area contributed by atoms with Gasteiger partial charge in [0.05, 0.1) is 29.7 Å².